The van der Waals surface area contributed by atoms with Gasteiger partial charge in [-0.1, -0.05) is 77.4 Å². The van der Waals surface area contributed by atoms with Crippen molar-refractivity contribution < 1.29 is 12.8 Å². The SMILES string of the molecule is CC(NS(=O)(=O)Cc1ccccc1)c1nnc(SCc2ccc(F)cc2)n1-c1ccc(Cl)cc1Cl. The van der Waals surface area contributed by atoms with Crippen molar-refractivity contribution in [2.45, 2.75) is 29.6 Å². The van der Waals surface area contributed by atoms with Crippen LogP contribution in [0.25, 0.3) is 5.69 Å². The predicted octanol–water partition coefficient (Wildman–Crippen LogP) is 6.19. The van der Waals surface area contributed by atoms with Crippen molar-refractivity contribution in [1.29, 1.82) is 0 Å². The Morgan fingerprint density at radius 2 is 1.71 bits per heavy atom. The second-order valence-corrected chi connectivity index (χ2v) is 11.3. The van der Waals surface area contributed by atoms with E-state index in [9.17, 15) is 12.8 Å². The van der Waals surface area contributed by atoms with Crippen LogP contribution in [-0.4, -0.2) is 23.2 Å². The highest BCUT2D eigenvalue weighted by atomic mass is 35.5. The Hall–Kier alpha value is -2.43. The first kappa shape index (κ1) is 25.7. The van der Waals surface area contributed by atoms with Crippen molar-refractivity contribution in [2.75, 3.05) is 0 Å². The van der Waals surface area contributed by atoms with Gasteiger partial charge in [0, 0.05) is 10.8 Å². The first-order valence-corrected chi connectivity index (χ1v) is 13.9. The van der Waals surface area contributed by atoms with Gasteiger partial charge >= 0.3 is 0 Å². The molecule has 182 valence electrons. The molecular formula is C24H21Cl2FN4O2S2. The molecule has 0 radical (unpaired) electrons. The van der Waals surface area contributed by atoms with Crippen molar-refractivity contribution in [1.82, 2.24) is 19.5 Å². The molecule has 6 nitrogen and oxygen atoms in total. The van der Waals surface area contributed by atoms with E-state index in [2.05, 4.69) is 14.9 Å². The molecule has 0 saturated heterocycles. The summed E-state index contributed by atoms with van der Waals surface area (Å²) in [5.41, 5.74) is 2.13. The van der Waals surface area contributed by atoms with E-state index in [0.717, 1.165) is 5.56 Å². The smallest absolute Gasteiger partial charge is 0.216 e. The van der Waals surface area contributed by atoms with Gasteiger partial charge in [0.05, 0.1) is 22.5 Å². The van der Waals surface area contributed by atoms with Crippen LogP contribution >= 0.6 is 35.0 Å². The second-order valence-electron chi connectivity index (χ2n) is 7.77. The molecule has 35 heavy (non-hydrogen) atoms. The average molecular weight is 551 g/mol. The fourth-order valence-electron chi connectivity index (χ4n) is 3.43. The first-order chi connectivity index (χ1) is 16.7. The van der Waals surface area contributed by atoms with Crippen LogP contribution < -0.4 is 4.72 Å². The molecule has 0 aliphatic carbocycles. The van der Waals surface area contributed by atoms with Gasteiger partial charge in [0.1, 0.15) is 5.82 Å². The molecule has 4 aromatic rings. The third-order valence-electron chi connectivity index (χ3n) is 5.03. The van der Waals surface area contributed by atoms with Crippen molar-refractivity contribution in [3.8, 4) is 5.69 Å². The molecule has 0 aliphatic heterocycles. The van der Waals surface area contributed by atoms with Crippen molar-refractivity contribution >= 4 is 45.0 Å². The summed E-state index contributed by atoms with van der Waals surface area (Å²) in [6.45, 7) is 1.70. The van der Waals surface area contributed by atoms with Gasteiger partial charge in [-0.3, -0.25) is 4.57 Å². The molecule has 1 heterocycles. The number of sulfonamides is 1. The Kier molecular flexibility index (Phi) is 8.13. The summed E-state index contributed by atoms with van der Waals surface area (Å²) < 4.78 is 43.3. The minimum Gasteiger partial charge on any atom is -0.271 e. The molecule has 0 fully saturated rings. The van der Waals surface area contributed by atoms with Crippen molar-refractivity contribution in [3.05, 3.63) is 106 Å². The van der Waals surface area contributed by atoms with Crippen LogP contribution in [-0.2, 0) is 21.5 Å². The Balaban J connectivity index is 1.64. The van der Waals surface area contributed by atoms with E-state index in [1.54, 1.807) is 66.1 Å². The Labute approximate surface area is 217 Å². The number of benzene rings is 3. The highest BCUT2D eigenvalue weighted by Crippen LogP contribution is 2.32. The lowest BCUT2D eigenvalue weighted by Crippen LogP contribution is -2.30. The van der Waals surface area contributed by atoms with Crippen LogP contribution in [0.2, 0.25) is 10.0 Å². The van der Waals surface area contributed by atoms with Crippen LogP contribution in [0, 0.1) is 5.82 Å². The zero-order valence-corrected chi connectivity index (χ0v) is 21.7. The summed E-state index contributed by atoms with van der Waals surface area (Å²) in [5, 5.41) is 9.91. The number of rotatable bonds is 9. The van der Waals surface area contributed by atoms with Crippen LogP contribution in [0.5, 0.6) is 0 Å². The summed E-state index contributed by atoms with van der Waals surface area (Å²) in [7, 11) is -3.68. The van der Waals surface area contributed by atoms with Gasteiger partial charge in [-0.05, 0) is 48.4 Å². The van der Waals surface area contributed by atoms with E-state index in [0.29, 0.717) is 38.0 Å². The Morgan fingerprint density at radius 3 is 2.40 bits per heavy atom. The molecular weight excluding hydrogens is 530 g/mol. The molecule has 0 amide bonds. The number of nitrogens with zero attached hydrogens (tertiary/aromatic N) is 3. The molecule has 4 rings (SSSR count). The maximum absolute atomic E-state index is 13.3. The van der Waals surface area contributed by atoms with Crippen molar-refractivity contribution in [2.24, 2.45) is 0 Å². The number of halogens is 3. The molecule has 0 spiro atoms. The second kappa shape index (κ2) is 11.1. The van der Waals surface area contributed by atoms with Gasteiger partial charge in [-0.25, -0.2) is 17.5 Å². The number of thioether (sulfide) groups is 1. The van der Waals surface area contributed by atoms with E-state index >= 15 is 0 Å². The van der Waals surface area contributed by atoms with E-state index in [-0.39, 0.29) is 11.6 Å². The molecule has 0 aliphatic rings. The molecule has 11 heteroatoms. The lowest BCUT2D eigenvalue weighted by molar-refractivity contribution is 0.555. The maximum Gasteiger partial charge on any atom is 0.216 e. The van der Waals surface area contributed by atoms with Gasteiger partial charge in [-0.2, -0.15) is 0 Å². The van der Waals surface area contributed by atoms with Gasteiger partial charge < -0.3 is 0 Å². The summed E-state index contributed by atoms with van der Waals surface area (Å²) in [4.78, 5) is 0. The molecule has 0 saturated carbocycles. The van der Waals surface area contributed by atoms with Gasteiger partial charge in [0.25, 0.3) is 0 Å². The molecule has 1 unspecified atom stereocenters. The molecule has 3 aromatic carbocycles. The monoisotopic (exact) mass is 550 g/mol. The molecule has 1 aromatic heterocycles. The summed E-state index contributed by atoms with van der Waals surface area (Å²) in [6.07, 6.45) is 0. The standard InChI is InChI=1S/C24H21Cl2FN4O2S2/c1-16(30-35(32,33)15-18-5-3-2-4-6-18)23-28-29-24(34-14-17-7-10-20(27)11-8-17)31(23)22-12-9-19(25)13-21(22)26/h2-13,16,30H,14-15H2,1H3. The number of nitrogens with one attached hydrogen (secondary N) is 1. The fraction of sp³-hybridized carbons (Fsp3) is 0.167. The topological polar surface area (TPSA) is 76.9 Å². The van der Waals surface area contributed by atoms with Crippen LogP contribution in [0.15, 0.2) is 78.0 Å². The quantitative estimate of drug-likeness (QED) is 0.251. The molecule has 1 N–H and O–H groups in total. The molecule has 0 bridgehead atoms. The Bertz CT molecular complexity index is 1420. The highest BCUT2D eigenvalue weighted by molar-refractivity contribution is 7.98. The zero-order valence-electron chi connectivity index (χ0n) is 18.5. The minimum atomic E-state index is -3.68. The van der Waals surface area contributed by atoms with E-state index in [1.165, 1.54) is 23.9 Å². The number of aromatic nitrogens is 3. The van der Waals surface area contributed by atoms with Crippen LogP contribution in [0.4, 0.5) is 4.39 Å². The van der Waals surface area contributed by atoms with Gasteiger partial charge in [0.2, 0.25) is 10.0 Å². The Morgan fingerprint density at radius 1 is 1.00 bits per heavy atom. The lowest BCUT2D eigenvalue weighted by atomic mass is 10.2. The fourth-order valence-corrected chi connectivity index (χ4v) is 6.19. The summed E-state index contributed by atoms with van der Waals surface area (Å²) in [6, 6.07) is 19.4. The van der Waals surface area contributed by atoms with Gasteiger partial charge in [-0.15, -0.1) is 10.2 Å². The van der Waals surface area contributed by atoms with E-state index < -0.39 is 16.1 Å². The maximum atomic E-state index is 13.3. The third kappa shape index (κ3) is 6.62. The highest BCUT2D eigenvalue weighted by Gasteiger charge is 2.25. The summed E-state index contributed by atoms with van der Waals surface area (Å²) in [5.74, 6) is 0.388. The zero-order chi connectivity index (χ0) is 25.0. The van der Waals surface area contributed by atoms with Crippen LogP contribution in [0.1, 0.15) is 29.9 Å². The van der Waals surface area contributed by atoms with Gasteiger partial charge in [0.15, 0.2) is 11.0 Å². The largest absolute Gasteiger partial charge is 0.271 e. The van der Waals surface area contributed by atoms with Crippen molar-refractivity contribution in [3.63, 3.8) is 0 Å². The normalized spacial score (nSPS) is 12.6. The van der Waals surface area contributed by atoms with E-state index in [1.807, 2.05) is 6.07 Å². The first-order valence-electron chi connectivity index (χ1n) is 10.5. The van der Waals surface area contributed by atoms with E-state index in [4.69, 9.17) is 23.2 Å². The predicted molar refractivity (Wildman–Crippen MR) is 138 cm³/mol. The van der Waals surface area contributed by atoms with Crippen LogP contribution in [0.3, 0.4) is 0 Å². The number of hydrogen-bond donors (Lipinski definition) is 1. The molecule has 1 atom stereocenters. The third-order valence-corrected chi connectivity index (χ3v) is 8.00. The lowest BCUT2D eigenvalue weighted by Gasteiger charge is -2.17. The average Bonchev–Trinajstić information content (AvgIpc) is 3.22. The minimum absolute atomic E-state index is 0.166. The summed E-state index contributed by atoms with van der Waals surface area (Å²) >= 11 is 14.0. The number of hydrogen-bond acceptors (Lipinski definition) is 5.